The number of nitrogens with zero attached hydrogens (tertiary/aromatic N) is 2. The minimum absolute atomic E-state index is 0.0873. The molecule has 7 nitrogen and oxygen atoms in total. The number of benzene rings is 2. The summed E-state index contributed by atoms with van der Waals surface area (Å²) in [6.45, 7) is 8.66. The topological polar surface area (TPSA) is 83.6 Å². The van der Waals surface area contributed by atoms with Crippen molar-refractivity contribution in [2.24, 2.45) is 0 Å². The number of hydrogen-bond acceptors (Lipinski definition) is 5. The van der Waals surface area contributed by atoms with Gasteiger partial charge in [0.15, 0.2) is 0 Å². The number of hydrogen-bond donors (Lipinski definition) is 2. The summed E-state index contributed by atoms with van der Waals surface area (Å²) >= 11 is 12.2. The second-order valence-electron chi connectivity index (χ2n) is 9.28. The highest BCUT2D eigenvalue weighted by atomic mass is 35.5. The zero-order valence-electron chi connectivity index (χ0n) is 20.2. The Labute approximate surface area is 220 Å². The predicted octanol–water partition coefficient (Wildman–Crippen LogP) is 5.50. The Bertz CT molecular complexity index is 1220. The lowest BCUT2D eigenvalue weighted by atomic mass is 9.83. The van der Waals surface area contributed by atoms with Gasteiger partial charge in [0.2, 0.25) is 0 Å². The van der Waals surface area contributed by atoms with Crippen LogP contribution in [0.2, 0.25) is 10.0 Å². The van der Waals surface area contributed by atoms with Gasteiger partial charge in [-0.2, -0.15) is 0 Å². The molecule has 3 aromatic rings. The maximum Gasteiger partial charge on any atom is 0.258 e. The molecule has 0 atom stereocenters. The van der Waals surface area contributed by atoms with Gasteiger partial charge < -0.3 is 15.4 Å². The van der Waals surface area contributed by atoms with Crippen LogP contribution in [-0.2, 0) is 10.2 Å². The third-order valence-electron chi connectivity index (χ3n) is 6.12. The second-order valence-corrected chi connectivity index (χ2v) is 10.1. The summed E-state index contributed by atoms with van der Waals surface area (Å²) in [4.78, 5) is 32.4. The van der Waals surface area contributed by atoms with Gasteiger partial charge in [-0.05, 0) is 42.0 Å². The van der Waals surface area contributed by atoms with Crippen LogP contribution in [0.15, 0.2) is 60.8 Å². The normalized spacial score (nSPS) is 14.3. The minimum Gasteiger partial charge on any atom is -0.379 e. The van der Waals surface area contributed by atoms with Gasteiger partial charge in [0.05, 0.1) is 34.5 Å². The molecular weight excluding hydrogens is 499 g/mol. The number of carbonyl (C=O) groups is 2. The fraction of sp³-hybridized carbons (Fsp3) is 0.296. The largest absolute Gasteiger partial charge is 0.379 e. The van der Waals surface area contributed by atoms with Crippen molar-refractivity contribution in [3.8, 4) is 0 Å². The molecular formula is C27H28Cl2N4O3. The average molecular weight is 527 g/mol. The number of ether oxygens (including phenoxy) is 1. The van der Waals surface area contributed by atoms with E-state index in [1.54, 1.807) is 42.5 Å². The van der Waals surface area contributed by atoms with E-state index in [4.69, 9.17) is 27.9 Å². The zero-order chi connectivity index (χ0) is 25.7. The van der Waals surface area contributed by atoms with Gasteiger partial charge in [-0.25, -0.2) is 4.98 Å². The van der Waals surface area contributed by atoms with Crippen molar-refractivity contribution in [3.63, 3.8) is 0 Å². The maximum absolute atomic E-state index is 13.1. The van der Waals surface area contributed by atoms with Crippen molar-refractivity contribution in [2.45, 2.75) is 19.3 Å². The summed E-state index contributed by atoms with van der Waals surface area (Å²) in [7, 11) is 0. The average Bonchev–Trinajstić information content (AvgIpc) is 2.87. The Kier molecular flexibility index (Phi) is 8.26. The monoisotopic (exact) mass is 526 g/mol. The van der Waals surface area contributed by atoms with E-state index in [0.717, 1.165) is 38.4 Å². The first-order valence-electron chi connectivity index (χ1n) is 11.7. The van der Waals surface area contributed by atoms with Crippen LogP contribution in [0.4, 0.5) is 11.5 Å². The van der Waals surface area contributed by atoms with Crippen LogP contribution >= 0.6 is 23.2 Å². The standard InChI is InChI=1S/C27H28Cl2N4O3/c1-27(2,17-33-12-14-36-15-13-33)19-8-6-18(7-9-19)25(34)32-24-21(4-3-5-22(24)29)26(35)31-23-11-10-20(28)16-30-23/h3-11,16H,12-15,17H2,1-2H3,(H,32,34)(H,30,31,35). The lowest BCUT2D eigenvalue weighted by Gasteiger charge is -2.35. The van der Waals surface area contributed by atoms with Crippen molar-refractivity contribution >= 4 is 46.5 Å². The summed E-state index contributed by atoms with van der Waals surface area (Å²) in [5, 5.41) is 6.20. The summed E-state index contributed by atoms with van der Waals surface area (Å²) in [5.41, 5.74) is 1.96. The van der Waals surface area contributed by atoms with Gasteiger partial charge in [0.25, 0.3) is 11.8 Å². The minimum atomic E-state index is -0.456. The van der Waals surface area contributed by atoms with E-state index < -0.39 is 5.91 Å². The third-order valence-corrected chi connectivity index (χ3v) is 6.66. The molecule has 1 fully saturated rings. The molecule has 1 aliphatic heterocycles. The van der Waals surface area contributed by atoms with Crippen molar-refractivity contribution in [2.75, 3.05) is 43.5 Å². The predicted molar refractivity (Wildman–Crippen MR) is 143 cm³/mol. The second kappa shape index (κ2) is 11.4. The van der Waals surface area contributed by atoms with Gasteiger partial charge in [0, 0.05) is 36.8 Å². The van der Waals surface area contributed by atoms with E-state index in [1.807, 2.05) is 12.1 Å². The molecule has 0 bridgehead atoms. The van der Waals surface area contributed by atoms with Crippen LogP contribution < -0.4 is 10.6 Å². The van der Waals surface area contributed by atoms with Crippen LogP contribution in [0.1, 0.15) is 40.1 Å². The molecule has 0 spiro atoms. The summed E-state index contributed by atoms with van der Waals surface area (Å²) < 4.78 is 5.45. The summed E-state index contributed by atoms with van der Waals surface area (Å²) in [6, 6.07) is 15.6. The Morgan fingerprint density at radius 3 is 2.36 bits per heavy atom. The fourth-order valence-corrected chi connectivity index (χ4v) is 4.48. The first-order valence-corrected chi connectivity index (χ1v) is 12.4. The molecule has 9 heteroatoms. The number of amides is 2. The number of para-hydroxylation sites is 1. The van der Waals surface area contributed by atoms with Crippen molar-refractivity contribution in [1.29, 1.82) is 0 Å². The summed E-state index contributed by atoms with van der Waals surface area (Å²) in [5.74, 6) is -0.487. The molecule has 0 unspecified atom stereocenters. The highest BCUT2D eigenvalue weighted by molar-refractivity contribution is 6.35. The van der Waals surface area contributed by atoms with E-state index in [9.17, 15) is 9.59 Å². The van der Waals surface area contributed by atoms with Crippen LogP contribution in [0.25, 0.3) is 0 Å². The number of carbonyl (C=O) groups excluding carboxylic acids is 2. The van der Waals surface area contributed by atoms with E-state index in [0.29, 0.717) is 16.4 Å². The SMILES string of the molecule is CC(C)(CN1CCOCC1)c1ccc(C(=O)Nc2c(Cl)cccc2C(=O)Nc2ccc(Cl)cn2)cc1. The molecule has 2 amide bonds. The number of pyridine rings is 1. The number of halogens is 2. The maximum atomic E-state index is 13.1. The number of anilines is 2. The van der Waals surface area contributed by atoms with Crippen LogP contribution in [0.5, 0.6) is 0 Å². The van der Waals surface area contributed by atoms with E-state index in [1.165, 1.54) is 6.20 Å². The lowest BCUT2D eigenvalue weighted by Crippen LogP contribution is -2.43. The van der Waals surface area contributed by atoms with Gasteiger partial charge >= 0.3 is 0 Å². The van der Waals surface area contributed by atoms with Crippen molar-refractivity contribution in [1.82, 2.24) is 9.88 Å². The van der Waals surface area contributed by atoms with Crippen LogP contribution in [-0.4, -0.2) is 54.5 Å². The zero-order valence-corrected chi connectivity index (χ0v) is 21.7. The van der Waals surface area contributed by atoms with E-state index in [2.05, 4.69) is 34.4 Å². The molecule has 1 saturated heterocycles. The van der Waals surface area contributed by atoms with Crippen molar-refractivity contribution < 1.29 is 14.3 Å². The van der Waals surface area contributed by atoms with Crippen molar-refractivity contribution in [3.05, 3.63) is 87.5 Å². The van der Waals surface area contributed by atoms with Crippen LogP contribution in [0.3, 0.4) is 0 Å². The molecule has 0 aliphatic carbocycles. The Balaban J connectivity index is 1.47. The fourth-order valence-electron chi connectivity index (χ4n) is 4.14. The molecule has 4 rings (SSSR count). The molecule has 1 aromatic heterocycles. The lowest BCUT2D eigenvalue weighted by molar-refractivity contribution is 0.0295. The molecule has 2 N–H and O–H groups in total. The molecule has 2 heterocycles. The highest BCUT2D eigenvalue weighted by Crippen LogP contribution is 2.29. The number of morpholine rings is 1. The number of rotatable bonds is 7. The molecule has 188 valence electrons. The van der Waals surface area contributed by atoms with Gasteiger partial charge in [-0.1, -0.05) is 55.2 Å². The molecule has 36 heavy (non-hydrogen) atoms. The van der Waals surface area contributed by atoms with Gasteiger partial charge in [0.1, 0.15) is 5.82 Å². The first-order chi connectivity index (χ1) is 17.2. The molecule has 0 saturated carbocycles. The van der Waals surface area contributed by atoms with Gasteiger partial charge in [-0.15, -0.1) is 0 Å². The molecule has 0 radical (unpaired) electrons. The number of nitrogens with one attached hydrogen (secondary N) is 2. The van der Waals surface area contributed by atoms with Gasteiger partial charge in [-0.3, -0.25) is 14.5 Å². The smallest absolute Gasteiger partial charge is 0.258 e. The molecule has 2 aromatic carbocycles. The Hall–Kier alpha value is -2.97. The Morgan fingerprint density at radius 1 is 0.972 bits per heavy atom. The molecule has 1 aliphatic rings. The highest BCUT2D eigenvalue weighted by Gasteiger charge is 2.25. The third kappa shape index (κ3) is 6.42. The van der Waals surface area contributed by atoms with E-state index >= 15 is 0 Å². The van der Waals surface area contributed by atoms with Crippen LogP contribution in [0, 0.1) is 0 Å². The summed E-state index contributed by atoms with van der Waals surface area (Å²) in [6.07, 6.45) is 1.43. The Morgan fingerprint density at radius 2 is 1.69 bits per heavy atom. The quantitative estimate of drug-likeness (QED) is 0.424. The number of aromatic nitrogens is 1. The first kappa shape index (κ1) is 26.1. The van der Waals surface area contributed by atoms with E-state index in [-0.39, 0.29) is 27.6 Å².